The maximum Gasteiger partial charge on any atom is 0.233 e. The third kappa shape index (κ3) is 2.52. The number of amides is 1. The lowest BCUT2D eigenvalue weighted by Gasteiger charge is -2.16. The van der Waals surface area contributed by atoms with E-state index in [1.165, 1.54) is 14.2 Å². The van der Waals surface area contributed by atoms with E-state index < -0.39 is 9.75 Å². The van der Waals surface area contributed by atoms with Gasteiger partial charge in [0.15, 0.2) is 0 Å². The van der Waals surface area contributed by atoms with Crippen molar-refractivity contribution in [1.29, 1.82) is 0 Å². The summed E-state index contributed by atoms with van der Waals surface area (Å²) in [6.45, 7) is 1.71. The molecule has 0 bridgehead atoms. The fourth-order valence-electron chi connectivity index (χ4n) is 1.86. The number of carbonyl (C=O) groups excluding carboxylic acids is 1. The molecule has 1 unspecified atom stereocenters. The molecular weight excluding hydrogens is 325 g/mol. The SMILES string of the molecule is COc1cc(NC(=O)C2(C)CC2(Cl)Cl)c(OC)cc1Cl. The number of alkyl halides is 2. The first-order chi connectivity index (χ1) is 9.25. The first kappa shape index (κ1) is 15.5. The summed E-state index contributed by atoms with van der Waals surface area (Å²) in [4.78, 5) is 12.3. The summed E-state index contributed by atoms with van der Waals surface area (Å²) in [5.41, 5.74) is -0.357. The number of rotatable bonds is 4. The minimum atomic E-state index is -1.03. The molecular formula is C13H14Cl3NO3. The number of halogens is 3. The number of hydrogen-bond donors (Lipinski definition) is 1. The van der Waals surface area contributed by atoms with Gasteiger partial charge in [-0.25, -0.2) is 0 Å². The predicted octanol–water partition coefficient (Wildman–Crippen LogP) is 3.88. The molecule has 1 aromatic rings. The van der Waals surface area contributed by atoms with Gasteiger partial charge in [-0.3, -0.25) is 4.79 Å². The van der Waals surface area contributed by atoms with Gasteiger partial charge in [0.25, 0.3) is 0 Å². The molecule has 0 spiro atoms. The standard InChI is InChI=1S/C13H14Cl3NO3/c1-12(6-13(12,15)16)11(18)17-8-5-9(19-2)7(14)4-10(8)20-3/h4-5H,6H2,1-3H3,(H,17,18). The lowest BCUT2D eigenvalue weighted by molar-refractivity contribution is -0.120. The van der Waals surface area contributed by atoms with E-state index in [0.29, 0.717) is 28.6 Å². The van der Waals surface area contributed by atoms with Gasteiger partial charge in [0, 0.05) is 12.1 Å². The van der Waals surface area contributed by atoms with Crippen molar-refractivity contribution in [3.8, 4) is 11.5 Å². The molecule has 1 fully saturated rings. The molecule has 0 saturated heterocycles. The van der Waals surface area contributed by atoms with E-state index in [4.69, 9.17) is 44.3 Å². The molecule has 0 radical (unpaired) electrons. The van der Waals surface area contributed by atoms with Crippen LogP contribution in [0.15, 0.2) is 12.1 Å². The Balaban J connectivity index is 2.27. The number of benzene rings is 1. The smallest absolute Gasteiger partial charge is 0.233 e. The van der Waals surface area contributed by atoms with Crippen LogP contribution in [0.3, 0.4) is 0 Å². The Morgan fingerprint density at radius 3 is 2.25 bits per heavy atom. The molecule has 110 valence electrons. The monoisotopic (exact) mass is 337 g/mol. The van der Waals surface area contributed by atoms with Gasteiger partial charge >= 0.3 is 0 Å². The highest BCUT2D eigenvalue weighted by Crippen LogP contribution is 2.64. The summed E-state index contributed by atoms with van der Waals surface area (Å²) in [5, 5.41) is 3.14. The Hall–Kier alpha value is -0.840. The van der Waals surface area contributed by atoms with Crippen LogP contribution in [0.1, 0.15) is 13.3 Å². The van der Waals surface area contributed by atoms with Crippen molar-refractivity contribution in [2.75, 3.05) is 19.5 Å². The van der Waals surface area contributed by atoms with Gasteiger partial charge in [-0.1, -0.05) is 11.6 Å². The number of hydrogen-bond acceptors (Lipinski definition) is 3. The molecule has 7 heteroatoms. The number of nitrogens with one attached hydrogen (secondary N) is 1. The summed E-state index contributed by atoms with van der Waals surface area (Å²) in [6.07, 6.45) is 0.405. The lowest BCUT2D eigenvalue weighted by Crippen LogP contribution is -2.26. The van der Waals surface area contributed by atoms with Crippen molar-refractivity contribution in [3.63, 3.8) is 0 Å². The fourth-order valence-corrected chi connectivity index (χ4v) is 2.80. The third-order valence-electron chi connectivity index (χ3n) is 3.48. The molecule has 2 rings (SSSR count). The molecule has 1 saturated carbocycles. The molecule has 1 amide bonds. The summed E-state index contributed by atoms with van der Waals surface area (Å²) >= 11 is 18.0. The van der Waals surface area contributed by atoms with Gasteiger partial charge in [0.2, 0.25) is 5.91 Å². The number of ether oxygens (including phenoxy) is 2. The minimum absolute atomic E-state index is 0.273. The number of methoxy groups -OCH3 is 2. The second-order valence-electron chi connectivity index (χ2n) is 4.85. The van der Waals surface area contributed by atoms with Crippen molar-refractivity contribution >= 4 is 46.4 Å². The Bertz CT molecular complexity index is 562. The average molecular weight is 339 g/mol. The fraction of sp³-hybridized carbons (Fsp3) is 0.462. The van der Waals surface area contributed by atoms with E-state index in [1.54, 1.807) is 19.1 Å². The Morgan fingerprint density at radius 2 is 1.80 bits per heavy atom. The van der Waals surface area contributed by atoms with E-state index in [9.17, 15) is 4.79 Å². The lowest BCUT2D eigenvalue weighted by atomic mass is 10.1. The average Bonchev–Trinajstić information content (AvgIpc) is 2.91. The first-order valence-electron chi connectivity index (χ1n) is 5.86. The van der Waals surface area contributed by atoms with Gasteiger partial charge in [0.1, 0.15) is 15.8 Å². The topological polar surface area (TPSA) is 47.6 Å². The minimum Gasteiger partial charge on any atom is -0.495 e. The second-order valence-corrected chi connectivity index (χ2v) is 6.75. The maximum atomic E-state index is 12.3. The van der Waals surface area contributed by atoms with E-state index >= 15 is 0 Å². The highest BCUT2D eigenvalue weighted by Gasteiger charge is 2.67. The van der Waals surface area contributed by atoms with Crippen LogP contribution in [-0.4, -0.2) is 24.5 Å². The normalized spacial score (nSPS) is 23.1. The summed E-state index contributed by atoms with van der Waals surface area (Å²) in [5.74, 6) is 0.597. The molecule has 1 N–H and O–H groups in total. The molecule has 1 aliphatic rings. The van der Waals surface area contributed by atoms with Crippen molar-refractivity contribution in [3.05, 3.63) is 17.2 Å². The largest absolute Gasteiger partial charge is 0.495 e. The van der Waals surface area contributed by atoms with Crippen LogP contribution in [-0.2, 0) is 4.79 Å². The van der Waals surface area contributed by atoms with Crippen LogP contribution in [0, 0.1) is 5.41 Å². The summed E-state index contributed by atoms with van der Waals surface area (Å²) < 4.78 is 9.28. The zero-order valence-corrected chi connectivity index (χ0v) is 13.5. The van der Waals surface area contributed by atoms with Gasteiger partial charge < -0.3 is 14.8 Å². The van der Waals surface area contributed by atoms with Crippen LogP contribution in [0.4, 0.5) is 5.69 Å². The van der Waals surface area contributed by atoms with Gasteiger partial charge in [-0.2, -0.15) is 0 Å². The predicted molar refractivity (Wildman–Crippen MR) is 80.3 cm³/mol. The summed E-state index contributed by atoms with van der Waals surface area (Å²) in [7, 11) is 2.98. The van der Waals surface area contributed by atoms with Crippen molar-refractivity contribution < 1.29 is 14.3 Å². The van der Waals surface area contributed by atoms with Crippen LogP contribution >= 0.6 is 34.8 Å². The van der Waals surface area contributed by atoms with Crippen LogP contribution in [0.2, 0.25) is 5.02 Å². The zero-order valence-electron chi connectivity index (χ0n) is 11.2. The molecule has 0 aliphatic heterocycles. The van der Waals surface area contributed by atoms with E-state index in [1.807, 2.05) is 0 Å². The third-order valence-corrected chi connectivity index (χ3v) is 4.88. The summed E-state index contributed by atoms with van der Waals surface area (Å²) in [6, 6.07) is 3.16. The molecule has 20 heavy (non-hydrogen) atoms. The zero-order chi connectivity index (χ0) is 15.1. The van der Waals surface area contributed by atoms with Crippen LogP contribution < -0.4 is 14.8 Å². The first-order valence-corrected chi connectivity index (χ1v) is 6.99. The van der Waals surface area contributed by atoms with E-state index in [2.05, 4.69) is 5.32 Å². The second kappa shape index (κ2) is 5.17. The highest BCUT2D eigenvalue weighted by molar-refractivity contribution is 6.53. The molecule has 4 nitrogen and oxygen atoms in total. The Kier molecular flexibility index (Phi) is 4.02. The molecule has 1 atom stereocenters. The van der Waals surface area contributed by atoms with Gasteiger partial charge in [-0.15, -0.1) is 23.2 Å². The number of anilines is 1. The Labute approximate surface area is 132 Å². The van der Waals surface area contributed by atoms with Crippen LogP contribution in [0.25, 0.3) is 0 Å². The van der Waals surface area contributed by atoms with Crippen molar-refractivity contribution in [1.82, 2.24) is 0 Å². The van der Waals surface area contributed by atoms with E-state index in [0.717, 1.165) is 0 Å². The number of carbonyl (C=O) groups is 1. The Morgan fingerprint density at radius 1 is 1.25 bits per heavy atom. The van der Waals surface area contributed by atoms with Crippen LogP contribution in [0.5, 0.6) is 11.5 Å². The van der Waals surface area contributed by atoms with Gasteiger partial charge in [0.05, 0.1) is 30.3 Å². The highest BCUT2D eigenvalue weighted by atomic mass is 35.5. The quantitative estimate of drug-likeness (QED) is 0.848. The van der Waals surface area contributed by atoms with Gasteiger partial charge in [-0.05, 0) is 13.3 Å². The molecule has 0 heterocycles. The maximum absolute atomic E-state index is 12.3. The molecule has 0 aromatic heterocycles. The molecule has 1 aliphatic carbocycles. The van der Waals surface area contributed by atoms with E-state index in [-0.39, 0.29) is 5.91 Å². The molecule has 1 aromatic carbocycles. The van der Waals surface area contributed by atoms with Crippen molar-refractivity contribution in [2.45, 2.75) is 17.7 Å². The van der Waals surface area contributed by atoms with Crippen molar-refractivity contribution in [2.24, 2.45) is 5.41 Å².